The predicted octanol–water partition coefficient (Wildman–Crippen LogP) is 2.46. The molecule has 2 aliphatic heterocycles. The molecule has 1 aliphatic carbocycles. The third kappa shape index (κ3) is 4.80. The van der Waals surface area contributed by atoms with Crippen LogP contribution in [-0.2, 0) is 30.7 Å². The number of nitrogens with zero attached hydrogens (tertiary/aromatic N) is 4. The summed E-state index contributed by atoms with van der Waals surface area (Å²) in [5.74, 6) is 0.763. The molecule has 1 N–H and O–H groups in total. The second-order valence-electron chi connectivity index (χ2n) is 9.58. The summed E-state index contributed by atoms with van der Waals surface area (Å²) in [6, 6.07) is 4.71. The smallest absolute Gasteiger partial charge is 0.255 e. The molecule has 3 aliphatic rings. The molecule has 0 saturated carbocycles. The summed E-state index contributed by atoms with van der Waals surface area (Å²) in [6.07, 6.45) is 5.73. The number of rotatable bonds is 2. The summed E-state index contributed by atoms with van der Waals surface area (Å²) >= 11 is 1.68. The second kappa shape index (κ2) is 10.1. The topological polar surface area (TPSA) is 108 Å². The van der Waals surface area contributed by atoms with E-state index >= 15 is 0 Å². The number of hydrogen-bond donors (Lipinski definition) is 1. The SMILES string of the molecule is COc1ccc2cc1OCCn1cc(nn1)CO[C@H]1CN(C(=O)c3csc4c3CCCC4)C[C@@H]1NC2=O. The van der Waals surface area contributed by atoms with Crippen molar-refractivity contribution in [2.75, 3.05) is 26.8 Å². The number of likely N-dealkylation sites (tertiary alicyclic amines) is 1. The summed E-state index contributed by atoms with van der Waals surface area (Å²) in [6.45, 7) is 1.80. The van der Waals surface area contributed by atoms with Crippen LogP contribution in [0.3, 0.4) is 0 Å². The molecule has 37 heavy (non-hydrogen) atoms. The first-order chi connectivity index (χ1) is 18.1. The highest BCUT2D eigenvalue weighted by Gasteiger charge is 2.38. The first-order valence-corrected chi connectivity index (χ1v) is 13.5. The minimum Gasteiger partial charge on any atom is -0.493 e. The minimum atomic E-state index is -0.383. The number of aromatic nitrogens is 3. The van der Waals surface area contributed by atoms with Gasteiger partial charge < -0.3 is 24.4 Å². The Morgan fingerprint density at radius 1 is 1.24 bits per heavy atom. The summed E-state index contributed by atoms with van der Waals surface area (Å²) in [5, 5.41) is 13.4. The Bertz CT molecular complexity index is 1320. The fourth-order valence-electron chi connectivity index (χ4n) is 5.23. The number of thiophene rings is 1. The average molecular weight is 524 g/mol. The van der Waals surface area contributed by atoms with Crippen LogP contribution in [0.4, 0.5) is 0 Å². The second-order valence-corrected chi connectivity index (χ2v) is 10.5. The Balaban J connectivity index is 1.27. The monoisotopic (exact) mass is 523 g/mol. The van der Waals surface area contributed by atoms with Gasteiger partial charge in [0.1, 0.15) is 12.3 Å². The van der Waals surface area contributed by atoms with E-state index in [1.54, 1.807) is 46.2 Å². The zero-order valence-electron chi connectivity index (χ0n) is 20.6. The third-order valence-corrected chi connectivity index (χ3v) is 8.29. The van der Waals surface area contributed by atoms with E-state index in [1.165, 1.54) is 16.9 Å². The van der Waals surface area contributed by atoms with Crippen molar-refractivity contribution in [2.24, 2.45) is 0 Å². The summed E-state index contributed by atoms with van der Waals surface area (Å²) in [7, 11) is 1.56. The summed E-state index contributed by atoms with van der Waals surface area (Å²) in [5.41, 5.74) is 3.12. The Morgan fingerprint density at radius 3 is 3.03 bits per heavy atom. The maximum atomic E-state index is 13.6. The van der Waals surface area contributed by atoms with Gasteiger partial charge in [-0.05, 0) is 49.4 Å². The van der Waals surface area contributed by atoms with Gasteiger partial charge in [-0.1, -0.05) is 5.21 Å². The lowest BCUT2D eigenvalue weighted by Gasteiger charge is -2.20. The van der Waals surface area contributed by atoms with E-state index in [-0.39, 0.29) is 30.6 Å². The van der Waals surface area contributed by atoms with Crippen LogP contribution in [0, 0.1) is 0 Å². The number of fused-ring (bicyclic) bond motifs is 6. The lowest BCUT2D eigenvalue weighted by molar-refractivity contribution is 0.0291. The van der Waals surface area contributed by atoms with Crippen LogP contribution in [0.5, 0.6) is 11.5 Å². The van der Waals surface area contributed by atoms with Gasteiger partial charge in [-0.15, -0.1) is 16.4 Å². The van der Waals surface area contributed by atoms with Gasteiger partial charge in [0.2, 0.25) is 0 Å². The van der Waals surface area contributed by atoms with Crippen molar-refractivity contribution < 1.29 is 23.8 Å². The minimum absolute atomic E-state index is 0.00484. The molecule has 4 heterocycles. The molecule has 11 heteroatoms. The molecule has 4 bridgehead atoms. The van der Waals surface area contributed by atoms with Gasteiger partial charge in [0.25, 0.3) is 11.8 Å². The van der Waals surface area contributed by atoms with Crippen molar-refractivity contribution in [3.8, 4) is 11.5 Å². The molecule has 2 atom stereocenters. The first kappa shape index (κ1) is 23.9. The van der Waals surface area contributed by atoms with Gasteiger partial charge in [0.05, 0.1) is 44.2 Å². The highest BCUT2D eigenvalue weighted by Crippen LogP contribution is 2.32. The van der Waals surface area contributed by atoms with E-state index in [1.807, 2.05) is 11.6 Å². The molecule has 0 unspecified atom stereocenters. The lowest BCUT2D eigenvalue weighted by atomic mass is 9.95. The van der Waals surface area contributed by atoms with Crippen molar-refractivity contribution in [3.63, 3.8) is 0 Å². The third-order valence-electron chi connectivity index (χ3n) is 7.20. The molecule has 6 rings (SSSR count). The number of hydrogen-bond acceptors (Lipinski definition) is 8. The van der Waals surface area contributed by atoms with Crippen LogP contribution in [-0.4, -0.2) is 70.7 Å². The van der Waals surface area contributed by atoms with Crippen LogP contribution in [0.25, 0.3) is 0 Å². The fourth-order valence-corrected chi connectivity index (χ4v) is 6.35. The van der Waals surface area contributed by atoms with Crippen LogP contribution in [0.2, 0.25) is 0 Å². The van der Waals surface area contributed by atoms with Gasteiger partial charge in [0, 0.05) is 28.9 Å². The van der Waals surface area contributed by atoms with Crippen LogP contribution >= 0.6 is 11.3 Å². The van der Waals surface area contributed by atoms with E-state index in [2.05, 4.69) is 15.6 Å². The number of aryl methyl sites for hydroxylation is 1. The van der Waals surface area contributed by atoms with Crippen LogP contribution < -0.4 is 14.8 Å². The molecule has 1 saturated heterocycles. The molecule has 194 valence electrons. The first-order valence-electron chi connectivity index (χ1n) is 12.6. The number of carbonyl (C=O) groups is 2. The zero-order chi connectivity index (χ0) is 25.4. The predicted molar refractivity (Wildman–Crippen MR) is 135 cm³/mol. The number of benzene rings is 1. The Kier molecular flexibility index (Phi) is 6.56. The van der Waals surface area contributed by atoms with Gasteiger partial charge in [0.15, 0.2) is 11.5 Å². The molecule has 2 amide bonds. The van der Waals surface area contributed by atoms with Crippen LogP contribution in [0.1, 0.15) is 49.7 Å². The highest BCUT2D eigenvalue weighted by atomic mass is 32.1. The molecular weight excluding hydrogens is 494 g/mol. The molecule has 0 spiro atoms. The number of nitrogens with one attached hydrogen (secondary N) is 1. The standard InChI is InChI=1S/C26H29N5O5S/c1-34-21-7-6-16-10-22(21)35-9-8-31-11-17(28-29-31)14-36-23-13-30(12-20(23)27-25(16)32)26(33)19-15-37-24-5-3-2-4-18(19)24/h6-7,10-11,15,20,23H,2-5,8-9,12-14H2,1H3,(H,27,32)/t20-,23-/m0/s1. The summed E-state index contributed by atoms with van der Waals surface area (Å²) in [4.78, 5) is 30.0. The van der Waals surface area contributed by atoms with Crippen molar-refractivity contribution in [1.82, 2.24) is 25.2 Å². The average Bonchev–Trinajstić information content (AvgIpc) is 3.65. The van der Waals surface area contributed by atoms with Gasteiger partial charge in [-0.2, -0.15) is 0 Å². The quantitative estimate of drug-likeness (QED) is 0.550. The highest BCUT2D eigenvalue weighted by molar-refractivity contribution is 7.10. The van der Waals surface area contributed by atoms with E-state index < -0.39 is 0 Å². The van der Waals surface area contributed by atoms with Crippen molar-refractivity contribution in [3.05, 3.63) is 57.0 Å². The van der Waals surface area contributed by atoms with Crippen LogP contribution in [0.15, 0.2) is 29.8 Å². The van der Waals surface area contributed by atoms with E-state index in [4.69, 9.17) is 14.2 Å². The van der Waals surface area contributed by atoms with E-state index in [9.17, 15) is 9.59 Å². The molecule has 1 fully saturated rings. The normalized spacial score (nSPS) is 21.6. The van der Waals surface area contributed by atoms with Crippen molar-refractivity contribution in [1.29, 1.82) is 0 Å². The number of carbonyl (C=O) groups excluding carboxylic acids is 2. The number of ether oxygens (including phenoxy) is 3. The molecule has 10 nitrogen and oxygen atoms in total. The Hall–Kier alpha value is -3.44. The van der Waals surface area contributed by atoms with E-state index in [0.29, 0.717) is 49.0 Å². The van der Waals surface area contributed by atoms with Gasteiger partial charge >= 0.3 is 0 Å². The number of methoxy groups -OCH3 is 1. The van der Waals surface area contributed by atoms with Crippen molar-refractivity contribution in [2.45, 2.75) is 51.0 Å². The maximum absolute atomic E-state index is 13.6. The molecular formula is C26H29N5O5S. The molecule has 0 radical (unpaired) electrons. The molecule has 1 aromatic carbocycles. The lowest BCUT2D eigenvalue weighted by Crippen LogP contribution is -2.44. The fraction of sp³-hybridized carbons (Fsp3) is 0.462. The largest absolute Gasteiger partial charge is 0.493 e. The zero-order valence-corrected chi connectivity index (χ0v) is 21.5. The van der Waals surface area contributed by atoms with Gasteiger partial charge in [-0.25, -0.2) is 4.68 Å². The Labute approximate surface area is 218 Å². The summed E-state index contributed by atoms with van der Waals surface area (Å²) < 4.78 is 19.2. The van der Waals surface area contributed by atoms with Gasteiger partial charge in [-0.3, -0.25) is 9.59 Å². The molecule has 3 aromatic rings. The molecule has 2 aromatic heterocycles. The van der Waals surface area contributed by atoms with E-state index in [0.717, 1.165) is 24.8 Å². The maximum Gasteiger partial charge on any atom is 0.255 e. The Morgan fingerprint density at radius 2 is 2.14 bits per heavy atom. The van der Waals surface area contributed by atoms with Crippen molar-refractivity contribution >= 4 is 23.2 Å². The number of amides is 2.